The predicted octanol–water partition coefficient (Wildman–Crippen LogP) is 3.03. The Labute approximate surface area is 119 Å². The summed E-state index contributed by atoms with van der Waals surface area (Å²) in [7, 11) is -2.31. The molecule has 0 unspecified atom stereocenters. The van der Waals surface area contributed by atoms with Crippen LogP contribution in [0.4, 0.5) is 0 Å². The summed E-state index contributed by atoms with van der Waals surface area (Å²) in [6.45, 7) is 2.01. The second-order valence-corrected chi connectivity index (χ2v) is 5.76. The second-order valence-electron chi connectivity index (χ2n) is 4.21. The minimum absolute atomic E-state index is 0.137. The molecule has 0 heterocycles. The molecule has 5 heteroatoms. The molecular formula is C15H16O4S. The van der Waals surface area contributed by atoms with Crippen molar-refractivity contribution in [3.63, 3.8) is 0 Å². The number of methoxy groups -OCH3 is 1. The van der Waals surface area contributed by atoms with Crippen LogP contribution < -0.4 is 8.92 Å². The highest BCUT2D eigenvalue weighted by Crippen LogP contribution is 2.23. The van der Waals surface area contributed by atoms with Gasteiger partial charge in [0.2, 0.25) is 0 Å². The molecular weight excluding hydrogens is 276 g/mol. The molecule has 0 aliphatic heterocycles. The predicted molar refractivity (Wildman–Crippen MR) is 76.6 cm³/mol. The van der Waals surface area contributed by atoms with Crippen molar-refractivity contribution >= 4 is 10.1 Å². The molecule has 0 saturated carbocycles. The van der Waals surface area contributed by atoms with Crippen molar-refractivity contribution < 1.29 is 17.3 Å². The van der Waals surface area contributed by atoms with Crippen molar-refractivity contribution in [2.45, 2.75) is 18.2 Å². The van der Waals surface area contributed by atoms with E-state index < -0.39 is 10.1 Å². The van der Waals surface area contributed by atoms with Crippen LogP contribution in [0, 0.1) is 0 Å². The molecule has 0 radical (unpaired) electrons. The summed E-state index contributed by atoms with van der Waals surface area (Å²) in [4.78, 5) is 0.137. The number of hydrogen-bond acceptors (Lipinski definition) is 4. The van der Waals surface area contributed by atoms with Crippen molar-refractivity contribution in [1.82, 2.24) is 0 Å². The quantitative estimate of drug-likeness (QED) is 0.795. The lowest BCUT2D eigenvalue weighted by molar-refractivity contribution is 0.411. The van der Waals surface area contributed by atoms with Gasteiger partial charge in [-0.1, -0.05) is 25.1 Å². The summed E-state index contributed by atoms with van der Waals surface area (Å²) in [6, 6.07) is 13.1. The maximum Gasteiger partial charge on any atom is 0.339 e. The SMILES string of the molecule is CCc1ccc(S(=O)(=O)Oc2cccc(OC)c2)cc1. The van der Waals surface area contributed by atoms with Gasteiger partial charge in [0.15, 0.2) is 0 Å². The first-order valence-electron chi connectivity index (χ1n) is 6.22. The summed E-state index contributed by atoms with van der Waals surface area (Å²) < 4.78 is 34.4. The molecule has 0 saturated heterocycles. The van der Waals surface area contributed by atoms with Gasteiger partial charge in [-0.3, -0.25) is 0 Å². The summed E-state index contributed by atoms with van der Waals surface area (Å²) in [5.74, 6) is 0.767. The van der Waals surface area contributed by atoms with Crippen molar-refractivity contribution in [3.05, 3.63) is 54.1 Å². The molecule has 0 spiro atoms. The fourth-order valence-corrected chi connectivity index (χ4v) is 2.64. The first kappa shape index (κ1) is 14.4. The van der Waals surface area contributed by atoms with E-state index in [1.807, 2.05) is 6.92 Å². The van der Waals surface area contributed by atoms with Crippen molar-refractivity contribution in [2.24, 2.45) is 0 Å². The number of rotatable bonds is 5. The van der Waals surface area contributed by atoms with Crippen molar-refractivity contribution in [1.29, 1.82) is 0 Å². The van der Waals surface area contributed by atoms with Gasteiger partial charge in [-0.25, -0.2) is 0 Å². The van der Waals surface area contributed by atoms with Gasteiger partial charge in [-0.05, 0) is 36.2 Å². The Hall–Kier alpha value is -2.01. The van der Waals surface area contributed by atoms with Crippen LogP contribution in [0.15, 0.2) is 53.4 Å². The van der Waals surface area contributed by atoms with E-state index in [2.05, 4.69) is 0 Å². The summed E-state index contributed by atoms with van der Waals surface area (Å²) in [6.07, 6.45) is 0.858. The molecule has 0 atom stereocenters. The van der Waals surface area contributed by atoms with E-state index >= 15 is 0 Å². The normalized spacial score (nSPS) is 11.1. The third-order valence-corrected chi connectivity index (χ3v) is 4.13. The van der Waals surface area contributed by atoms with E-state index in [0.29, 0.717) is 5.75 Å². The van der Waals surface area contributed by atoms with Gasteiger partial charge in [0.05, 0.1) is 7.11 Å². The molecule has 0 aliphatic rings. The van der Waals surface area contributed by atoms with E-state index in [9.17, 15) is 8.42 Å². The average molecular weight is 292 g/mol. The van der Waals surface area contributed by atoms with Gasteiger partial charge in [0.25, 0.3) is 0 Å². The number of aryl methyl sites for hydroxylation is 1. The molecule has 2 rings (SSSR count). The smallest absolute Gasteiger partial charge is 0.339 e. The minimum atomic E-state index is -3.82. The molecule has 20 heavy (non-hydrogen) atoms. The highest BCUT2D eigenvalue weighted by molar-refractivity contribution is 7.87. The third-order valence-electron chi connectivity index (χ3n) is 2.87. The Balaban J connectivity index is 2.25. The average Bonchev–Trinajstić information content (AvgIpc) is 2.47. The Bertz CT molecular complexity index is 675. The van der Waals surface area contributed by atoms with E-state index in [1.54, 1.807) is 42.5 Å². The van der Waals surface area contributed by atoms with Crippen LogP contribution in [-0.4, -0.2) is 15.5 Å². The first-order chi connectivity index (χ1) is 9.55. The van der Waals surface area contributed by atoms with E-state index in [4.69, 9.17) is 8.92 Å². The van der Waals surface area contributed by atoms with Crippen LogP contribution in [0.1, 0.15) is 12.5 Å². The topological polar surface area (TPSA) is 52.6 Å². The molecule has 0 amide bonds. The molecule has 4 nitrogen and oxygen atoms in total. The van der Waals surface area contributed by atoms with Crippen molar-refractivity contribution in [2.75, 3.05) is 7.11 Å². The van der Waals surface area contributed by atoms with Gasteiger partial charge in [-0.2, -0.15) is 8.42 Å². The van der Waals surface area contributed by atoms with Crippen LogP contribution >= 0.6 is 0 Å². The lowest BCUT2D eigenvalue weighted by atomic mass is 10.2. The van der Waals surface area contributed by atoms with E-state index in [0.717, 1.165) is 12.0 Å². The maximum absolute atomic E-state index is 12.1. The van der Waals surface area contributed by atoms with Crippen LogP contribution in [0.3, 0.4) is 0 Å². The molecule has 0 aromatic heterocycles. The molecule has 2 aromatic carbocycles. The van der Waals surface area contributed by atoms with Crippen LogP contribution in [0.5, 0.6) is 11.5 Å². The van der Waals surface area contributed by atoms with Gasteiger partial charge >= 0.3 is 10.1 Å². The largest absolute Gasteiger partial charge is 0.497 e. The zero-order valence-electron chi connectivity index (χ0n) is 11.4. The summed E-state index contributed by atoms with van der Waals surface area (Å²) in [5.41, 5.74) is 1.07. The number of benzene rings is 2. The standard InChI is InChI=1S/C15H16O4S/c1-3-12-7-9-15(10-8-12)20(16,17)19-14-6-4-5-13(11-14)18-2/h4-11H,3H2,1-2H3. The van der Waals surface area contributed by atoms with Crippen molar-refractivity contribution in [3.8, 4) is 11.5 Å². The molecule has 0 bridgehead atoms. The summed E-state index contributed by atoms with van der Waals surface area (Å²) in [5, 5.41) is 0. The van der Waals surface area contributed by atoms with E-state index in [1.165, 1.54) is 13.2 Å². The number of hydrogen-bond donors (Lipinski definition) is 0. The lowest BCUT2D eigenvalue weighted by Gasteiger charge is -2.08. The Morgan fingerprint density at radius 3 is 2.25 bits per heavy atom. The van der Waals surface area contributed by atoms with Gasteiger partial charge < -0.3 is 8.92 Å². The van der Waals surface area contributed by atoms with Gasteiger partial charge in [-0.15, -0.1) is 0 Å². The second kappa shape index (κ2) is 5.96. The number of ether oxygens (including phenoxy) is 1. The van der Waals surface area contributed by atoms with Gasteiger partial charge in [0, 0.05) is 6.07 Å². The van der Waals surface area contributed by atoms with Crippen LogP contribution in [0.2, 0.25) is 0 Å². The fourth-order valence-electron chi connectivity index (χ4n) is 1.72. The van der Waals surface area contributed by atoms with E-state index in [-0.39, 0.29) is 10.6 Å². The zero-order valence-corrected chi connectivity index (χ0v) is 12.2. The molecule has 106 valence electrons. The third kappa shape index (κ3) is 3.30. The molecule has 2 aromatic rings. The summed E-state index contributed by atoms with van der Waals surface area (Å²) >= 11 is 0. The fraction of sp³-hybridized carbons (Fsp3) is 0.200. The monoisotopic (exact) mass is 292 g/mol. The lowest BCUT2D eigenvalue weighted by Crippen LogP contribution is -2.09. The Morgan fingerprint density at radius 1 is 1.00 bits per heavy atom. The minimum Gasteiger partial charge on any atom is -0.497 e. The molecule has 0 N–H and O–H groups in total. The van der Waals surface area contributed by atoms with Gasteiger partial charge in [0.1, 0.15) is 16.4 Å². The first-order valence-corrected chi connectivity index (χ1v) is 7.63. The molecule has 0 aliphatic carbocycles. The maximum atomic E-state index is 12.1. The van der Waals surface area contributed by atoms with Crippen LogP contribution in [0.25, 0.3) is 0 Å². The highest BCUT2D eigenvalue weighted by Gasteiger charge is 2.16. The zero-order chi connectivity index (χ0) is 14.6. The Morgan fingerprint density at radius 2 is 1.65 bits per heavy atom. The van der Waals surface area contributed by atoms with Crippen LogP contribution in [-0.2, 0) is 16.5 Å². The molecule has 0 fully saturated rings. The highest BCUT2D eigenvalue weighted by atomic mass is 32.2. The Kier molecular flexibility index (Phi) is 4.29.